The second-order valence-corrected chi connectivity index (χ2v) is 3.46. The molecule has 0 radical (unpaired) electrons. The fourth-order valence-corrected chi connectivity index (χ4v) is 1.75. The third kappa shape index (κ3) is 1.53. The Morgan fingerprint density at radius 1 is 1.54 bits per heavy atom. The molecule has 66 valence electrons. The van der Waals surface area contributed by atoms with Gasteiger partial charge in [-0.2, -0.15) is 4.37 Å². The number of carbonyl (C=O) groups excluding carboxylic acids is 1. The molecule has 2 heterocycles. The number of carbonyl (C=O) groups is 1. The summed E-state index contributed by atoms with van der Waals surface area (Å²) < 4.78 is 9.36. The van der Waals surface area contributed by atoms with Crippen LogP contribution in [-0.4, -0.2) is 10.7 Å². The number of nitrogens with zero attached hydrogens (tertiary/aromatic N) is 1. The Balaban J connectivity index is 2.40. The predicted molar refractivity (Wildman–Crippen MR) is 49.9 cm³/mol. The quantitative estimate of drug-likeness (QED) is 0.688. The van der Waals surface area contributed by atoms with Crippen molar-refractivity contribution in [3.63, 3.8) is 0 Å². The van der Waals surface area contributed by atoms with Gasteiger partial charge in [-0.05, 0) is 36.7 Å². The largest absolute Gasteiger partial charge is 0.452 e. The van der Waals surface area contributed by atoms with Crippen LogP contribution in [0.1, 0.15) is 16.2 Å². The SMILES string of the molecule is Cc1cc(-c2ccc(C=O)o2)sn1. The molecule has 13 heavy (non-hydrogen) atoms. The lowest BCUT2D eigenvalue weighted by atomic mass is 10.3. The normalized spacial score (nSPS) is 10.2. The van der Waals surface area contributed by atoms with Gasteiger partial charge >= 0.3 is 0 Å². The molecule has 2 rings (SSSR count). The highest BCUT2D eigenvalue weighted by atomic mass is 32.1. The van der Waals surface area contributed by atoms with Crippen molar-refractivity contribution in [3.05, 3.63) is 29.7 Å². The van der Waals surface area contributed by atoms with Crippen LogP contribution in [-0.2, 0) is 0 Å². The fourth-order valence-electron chi connectivity index (χ4n) is 1.03. The smallest absolute Gasteiger partial charge is 0.185 e. The lowest BCUT2D eigenvalue weighted by Crippen LogP contribution is -1.68. The van der Waals surface area contributed by atoms with Gasteiger partial charge in [-0.3, -0.25) is 4.79 Å². The maximum absolute atomic E-state index is 10.4. The van der Waals surface area contributed by atoms with E-state index in [1.807, 2.05) is 13.0 Å². The van der Waals surface area contributed by atoms with E-state index in [4.69, 9.17) is 4.42 Å². The number of rotatable bonds is 2. The average Bonchev–Trinajstić information content (AvgIpc) is 2.71. The number of hydrogen-bond acceptors (Lipinski definition) is 4. The molecule has 0 amide bonds. The Morgan fingerprint density at radius 2 is 2.38 bits per heavy atom. The number of aromatic nitrogens is 1. The van der Waals surface area contributed by atoms with Gasteiger partial charge in [0.15, 0.2) is 12.0 Å². The van der Waals surface area contributed by atoms with E-state index in [1.54, 1.807) is 12.1 Å². The van der Waals surface area contributed by atoms with Crippen molar-refractivity contribution in [1.82, 2.24) is 4.37 Å². The van der Waals surface area contributed by atoms with Crippen molar-refractivity contribution in [3.8, 4) is 10.6 Å². The average molecular weight is 193 g/mol. The van der Waals surface area contributed by atoms with Gasteiger partial charge in [0.1, 0.15) is 5.76 Å². The first-order chi connectivity index (χ1) is 6.29. The number of aldehydes is 1. The molecule has 4 heteroatoms. The van der Waals surface area contributed by atoms with Crippen LogP contribution in [0.3, 0.4) is 0 Å². The number of aryl methyl sites for hydroxylation is 1. The van der Waals surface area contributed by atoms with Crippen LogP contribution in [0.25, 0.3) is 10.6 Å². The molecular formula is C9H7NO2S. The molecule has 0 saturated heterocycles. The van der Waals surface area contributed by atoms with Gasteiger partial charge in [0.25, 0.3) is 0 Å². The fraction of sp³-hybridized carbons (Fsp3) is 0.111. The summed E-state index contributed by atoms with van der Waals surface area (Å²) in [4.78, 5) is 11.3. The Labute approximate surface area is 79.2 Å². The second-order valence-electron chi connectivity index (χ2n) is 2.65. The molecule has 0 bridgehead atoms. The Hall–Kier alpha value is -1.42. The van der Waals surface area contributed by atoms with E-state index in [1.165, 1.54) is 11.5 Å². The minimum absolute atomic E-state index is 0.348. The molecule has 0 saturated carbocycles. The standard InChI is InChI=1S/C9H7NO2S/c1-6-4-9(13-10-6)8-3-2-7(5-11)12-8/h2-5H,1H3. The highest BCUT2D eigenvalue weighted by Gasteiger charge is 2.06. The van der Waals surface area contributed by atoms with E-state index in [9.17, 15) is 4.79 Å². The summed E-state index contributed by atoms with van der Waals surface area (Å²) in [5.74, 6) is 1.05. The molecular weight excluding hydrogens is 186 g/mol. The lowest BCUT2D eigenvalue weighted by molar-refractivity contribution is 0.110. The molecule has 0 N–H and O–H groups in total. The van der Waals surface area contributed by atoms with Crippen LogP contribution < -0.4 is 0 Å². The van der Waals surface area contributed by atoms with E-state index in [2.05, 4.69) is 4.37 Å². The topological polar surface area (TPSA) is 43.1 Å². The van der Waals surface area contributed by atoms with Crippen LogP contribution in [0, 0.1) is 6.92 Å². The first-order valence-electron chi connectivity index (χ1n) is 3.78. The first-order valence-corrected chi connectivity index (χ1v) is 4.55. The molecule has 2 aromatic rings. The summed E-state index contributed by atoms with van der Waals surface area (Å²) >= 11 is 1.37. The van der Waals surface area contributed by atoms with Gasteiger partial charge < -0.3 is 4.42 Å². The van der Waals surface area contributed by atoms with Gasteiger partial charge in [-0.1, -0.05) is 0 Å². The molecule has 0 spiro atoms. The number of hydrogen-bond donors (Lipinski definition) is 0. The minimum atomic E-state index is 0.348. The predicted octanol–water partition coefficient (Wildman–Crippen LogP) is 2.52. The third-order valence-corrected chi connectivity index (χ3v) is 2.51. The summed E-state index contributed by atoms with van der Waals surface area (Å²) in [6.07, 6.45) is 0.692. The molecule has 0 fully saturated rings. The molecule has 0 atom stereocenters. The maximum atomic E-state index is 10.4. The zero-order valence-electron chi connectivity index (χ0n) is 6.98. The zero-order valence-corrected chi connectivity index (χ0v) is 7.80. The van der Waals surface area contributed by atoms with E-state index < -0.39 is 0 Å². The Morgan fingerprint density at radius 3 is 2.92 bits per heavy atom. The van der Waals surface area contributed by atoms with E-state index >= 15 is 0 Å². The summed E-state index contributed by atoms with van der Waals surface area (Å²) in [5.41, 5.74) is 0.962. The molecule has 2 aromatic heterocycles. The van der Waals surface area contributed by atoms with Gasteiger partial charge in [0.2, 0.25) is 0 Å². The summed E-state index contributed by atoms with van der Waals surface area (Å²) in [6, 6.07) is 5.35. The molecule has 0 aromatic carbocycles. The lowest BCUT2D eigenvalue weighted by Gasteiger charge is -1.85. The van der Waals surface area contributed by atoms with Crippen molar-refractivity contribution in [2.45, 2.75) is 6.92 Å². The first kappa shape index (κ1) is 8.19. The van der Waals surface area contributed by atoms with Crippen molar-refractivity contribution in [1.29, 1.82) is 0 Å². The van der Waals surface area contributed by atoms with Crippen LogP contribution in [0.5, 0.6) is 0 Å². The van der Waals surface area contributed by atoms with Crippen LogP contribution >= 0.6 is 11.5 Å². The minimum Gasteiger partial charge on any atom is -0.452 e. The molecule has 0 aliphatic heterocycles. The van der Waals surface area contributed by atoms with Crippen LogP contribution in [0.4, 0.5) is 0 Å². The third-order valence-electron chi connectivity index (χ3n) is 1.61. The van der Waals surface area contributed by atoms with E-state index in [0.717, 1.165) is 10.6 Å². The molecule has 0 aliphatic rings. The Bertz CT molecular complexity index is 430. The highest BCUT2D eigenvalue weighted by molar-refractivity contribution is 7.09. The molecule has 3 nitrogen and oxygen atoms in total. The van der Waals surface area contributed by atoms with Crippen molar-refractivity contribution in [2.75, 3.05) is 0 Å². The van der Waals surface area contributed by atoms with Gasteiger partial charge in [-0.15, -0.1) is 0 Å². The maximum Gasteiger partial charge on any atom is 0.185 e. The summed E-state index contributed by atoms with van der Waals surface area (Å²) in [5, 5.41) is 0. The molecule has 0 aliphatic carbocycles. The van der Waals surface area contributed by atoms with Gasteiger partial charge in [0.05, 0.1) is 10.6 Å². The Kier molecular flexibility index (Phi) is 1.98. The second kappa shape index (κ2) is 3.14. The van der Waals surface area contributed by atoms with Gasteiger partial charge in [-0.25, -0.2) is 0 Å². The van der Waals surface area contributed by atoms with Crippen molar-refractivity contribution < 1.29 is 9.21 Å². The highest BCUT2D eigenvalue weighted by Crippen LogP contribution is 2.25. The zero-order chi connectivity index (χ0) is 9.26. The van der Waals surface area contributed by atoms with Crippen LogP contribution in [0.15, 0.2) is 22.6 Å². The van der Waals surface area contributed by atoms with Crippen molar-refractivity contribution in [2.24, 2.45) is 0 Å². The van der Waals surface area contributed by atoms with E-state index in [-0.39, 0.29) is 0 Å². The monoisotopic (exact) mass is 193 g/mol. The van der Waals surface area contributed by atoms with Crippen molar-refractivity contribution >= 4 is 17.8 Å². The van der Waals surface area contributed by atoms with Crippen LogP contribution in [0.2, 0.25) is 0 Å². The summed E-state index contributed by atoms with van der Waals surface area (Å²) in [6.45, 7) is 1.92. The van der Waals surface area contributed by atoms with Gasteiger partial charge in [0, 0.05) is 0 Å². The van der Waals surface area contributed by atoms with E-state index in [0.29, 0.717) is 17.8 Å². The number of furan rings is 1. The molecule has 0 unspecified atom stereocenters. The summed E-state index contributed by atoms with van der Waals surface area (Å²) in [7, 11) is 0.